The Balaban J connectivity index is 2.20. The maximum atomic E-state index is 10.1. The van der Waals surface area contributed by atoms with Crippen LogP contribution in [0.3, 0.4) is 0 Å². The molecule has 3 N–H and O–H groups in total. The number of likely N-dealkylation sites (N-methyl/N-ethyl adjacent to an activating group) is 1. The summed E-state index contributed by atoms with van der Waals surface area (Å²) in [4.78, 5) is 2.17. The number of aliphatic hydroxyl groups excluding tert-OH is 1. The molecule has 1 aliphatic rings. The minimum atomic E-state index is -0.213. The van der Waals surface area contributed by atoms with Crippen LogP contribution in [0.5, 0.6) is 0 Å². The summed E-state index contributed by atoms with van der Waals surface area (Å²) in [6.45, 7) is 2.05. The molecule has 0 radical (unpaired) electrons. The van der Waals surface area contributed by atoms with Crippen LogP contribution in [0.1, 0.15) is 31.2 Å². The molecular formula is C14H22N2O. The molecule has 0 amide bonds. The molecule has 1 aromatic rings. The van der Waals surface area contributed by atoms with Crippen molar-refractivity contribution in [3.05, 3.63) is 23.8 Å². The van der Waals surface area contributed by atoms with Gasteiger partial charge >= 0.3 is 0 Å². The summed E-state index contributed by atoms with van der Waals surface area (Å²) in [5.41, 5.74) is 8.93. The van der Waals surface area contributed by atoms with Crippen molar-refractivity contribution < 1.29 is 5.11 Å². The average Bonchev–Trinajstić information content (AvgIpc) is 2.27. The molecule has 3 heteroatoms. The molecule has 0 saturated heterocycles. The van der Waals surface area contributed by atoms with E-state index in [1.165, 1.54) is 6.42 Å². The number of rotatable bonds is 2. The Kier molecular flexibility index (Phi) is 3.57. The van der Waals surface area contributed by atoms with E-state index in [2.05, 4.69) is 11.0 Å². The molecule has 0 heterocycles. The van der Waals surface area contributed by atoms with Crippen LogP contribution in [0.4, 0.5) is 11.4 Å². The maximum absolute atomic E-state index is 10.1. The van der Waals surface area contributed by atoms with Gasteiger partial charge in [0, 0.05) is 18.4 Å². The normalized spacial score (nSPS) is 24.6. The first-order valence-corrected chi connectivity index (χ1v) is 6.36. The summed E-state index contributed by atoms with van der Waals surface area (Å²) in [6, 6.07) is 6.30. The highest BCUT2D eigenvalue weighted by Gasteiger charge is 2.26. The summed E-state index contributed by atoms with van der Waals surface area (Å²) in [5.74, 6) is 0. The lowest BCUT2D eigenvalue weighted by Crippen LogP contribution is -2.43. The molecule has 1 aromatic carbocycles. The molecular weight excluding hydrogens is 212 g/mol. The molecule has 1 saturated carbocycles. The number of aliphatic hydroxyl groups is 1. The van der Waals surface area contributed by atoms with Gasteiger partial charge in [-0.15, -0.1) is 0 Å². The van der Waals surface area contributed by atoms with Gasteiger partial charge in [-0.25, -0.2) is 0 Å². The molecule has 0 aromatic heterocycles. The van der Waals surface area contributed by atoms with E-state index in [-0.39, 0.29) is 12.1 Å². The van der Waals surface area contributed by atoms with Crippen molar-refractivity contribution in [1.82, 2.24) is 0 Å². The van der Waals surface area contributed by atoms with E-state index in [0.29, 0.717) is 0 Å². The van der Waals surface area contributed by atoms with Crippen molar-refractivity contribution in [3.8, 4) is 0 Å². The zero-order valence-corrected chi connectivity index (χ0v) is 10.7. The van der Waals surface area contributed by atoms with Gasteiger partial charge in [0.25, 0.3) is 0 Å². The molecule has 0 aliphatic heterocycles. The monoisotopic (exact) mass is 234 g/mol. The lowest BCUT2D eigenvalue weighted by Gasteiger charge is -2.36. The molecule has 17 heavy (non-hydrogen) atoms. The first-order valence-electron chi connectivity index (χ1n) is 6.36. The van der Waals surface area contributed by atoms with Gasteiger partial charge < -0.3 is 15.7 Å². The van der Waals surface area contributed by atoms with Crippen LogP contribution in [0.15, 0.2) is 18.2 Å². The first-order chi connectivity index (χ1) is 8.08. The van der Waals surface area contributed by atoms with Gasteiger partial charge in [-0.2, -0.15) is 0 Å². The summed E-state index contributed by atoms with van der Waals surface area (Å²) < 4.78 is 0. The highest BCUT2D eigenvalue weighted by Crippen LogP contribution is 2.28. The number of hydrogen-bond acceptors (Lipinski definition) is 3. The molecule has 3 nitrogen and oxygen atoms in total. The third-order valence-corrected chi connectivity index (χ3v) is 3.68. The topological polar surface area (TPSA) is 49.5 Å². The highest BCUT2D eigenvalue weighted by atomic mass is 16.3. The zero-order valence-electron chi connectivity index (χ0n) is 10.7. The zero-order chi connectivity index (χ0) is 12.4. The predicted molar refractivity (Wildman–Crippen MR) is 72.3 cm³/mol. The lowest BCUT2D eigenvalue weighted by atomic mass is 9.91. The predicted octanol–water partition coefficient (Wildman–Crippen LogP) is 2.32. The van der Waals surface area contributed by atoms with Gasteiger partial charge in [-0.1, -0.05) is 12.8 Å². The number of hydrogen-bond donors (Lipinski definition) is 2. The van der Waals surface area contributed by atoms with Gasteiger partial charge in [0.15, 0.2) is 0 Å². The second-order valence-electron chi connectivity index (χ2n) is 5.13. The van der Waals surface area contributed by atoms with Crippen LogP contribution in [0, 0.1) is 6.92 Å². The van der Waals surface area contributed by atoms with Gasteiger partial charge in [-0.05, 0) is 43.5 Å². The average molecular weight is 234 g/mol. The summed E-state index contributed by atoms with van der Waals surface area (Å²) in [5, 5.41) is 10.1. The van der Waals surface area contributed by atoms with Gasteiger partial charge in [-0.3, -0.25) is 0 Å². The molecule has 1 fully saturated rings. The molecule has 94 valence electrons. The second kappa shape index (κ2) is 4.96. The van der Waals surface area contributed by atoms with Crippen LogP contribution < -0.4 is 10.6 Å². The van der Waals surface area contributed by atoms with Crippen LogP contribution in [0.25, 0.3) is 0 Å². The van der Waals surface area contributed by atoms with Crippen LogP contribution in [-0.2, 0) is 0 Å². The Bertz CT molecular complexity index is 372. The van der Waals surface area contributed by atoms with E-state index in [9.17, 15) is 5.11 Å². The van der Waals surface area contributed by atoms with E-state index < -0.39 is 0 Å². The van der Waals surface area contributed by atoms with Crippen LogP contribution in [0.2, 0.25) is 0 Å². The SMILES string of the molecule is Cc1cc(N)cc(N(C)C2CCCCC2O)c1. The fourth-order valence-corrected chi connectivity index (χ4v) is 2.73. The van der Waals surface area contributed by atoms with E-state index >= 15 is 0 Å². The smallest absolute Gasteiger partial charge is 0.0743 e. The van der Waals surface area contributed by atoms with Crippen molar-refractivity contribution in [2.75, 3.05) is 17.7 Å². The Morgan fingerprint density at radius 3 is 2.59 bits per heavy atom. The Hall–Kier alpha value is -1.22. The van der Waals surface area contributed by atoms with Crippen LogP contribution in [-0.4, -0.2) is 24.3 Å². The van der Waals surface area contributed by atoms with Crippen molar-refractivity contribution >= 4 is 11.4 Å². The highest BCUT2D eigenvalue weighted by molar-refractivity contribution is 5.58. The standard InChI is InChI=1S/C14H22N2O/c1-10-7-11(15)9-12(8-10)16(2)13-5-3-4-6-14(13)17/h7-9,13-14,17H,3-6,15H2,1-2H3. The summed E-state index contributed by atoms with van der Waals surface area (Å²) in [7, 11) is 2.05. The molecule has 2 atom stereocenters. The number of nitrogens with zero attached hydrogens (tertiary/aromatic N) is 1. The number of benzene rings is 1. The molecule has 0 spiro atoms. The Labute approximate surface area is 103 Å². The molecule has 1 aliphatic carbocycles. The van der Waals surface area contributed by atoms with Crippen molar-refractivity contribution in [1.29, 1.82) is 0 Å². The third kappa shape index (κ3) is 2.72. The van der Waals surface area contributed by atoms with E-state index in [1.54, 1.807) is 0 Å². The van der Waals surface area contributed by atoms with E-state index in [4.69, 9.17) is 5.73 Å². The van der Waals surface area contributed by atoms with Gasteiger partial charge in [0.1, 0.15) is 0 Å². The molecule has 2 unspecified atom stereocenters. The minimum absolute atomic E-state index is 0.213. The van der Waals surface area contributed by atoms with Gasteiger partial charge in [0.05, 0.1) is 12.1 Å². The van der Waals surface area contributed by atoms with Crippen molar-refractivity contribution in [3.63, 3.8) is 0 Å². The van der Waals surface area contributed by atoms with Crippen LogP contribution >= 0.6 is 0 Å². The van der Waals surface area contributed by atoms with E-state index in [1.807, 2.05) is 26.1 Å². The Morgan fingerprint density at radius 1 is 1.24 bits per heavy atom. The van der Waals surface area contributed by atoms with E-state index in [0.717, 1.165) is 36.2 Å². The first kappa shape index (κ1) is 12.2. The third-order valence-electron chi connectivity index (χ3n) is 3.68. The largest absolute Gasteiger partial charge is 0.399 e. The number of nitrogens with two attached hydrogens (primary N) is 1. The minimum Gasteiger partial charge on any atom is -0.399 e. The fourth-order valence-electron chi connectivity index (χ4n) is 2.73. The lowest BCUT2D eigenvalue weighted by molar-refractivity contribution is 0.106. The molecule has 0 bridgehead atoms. The quantitative estimate of drug-likeness (QED) is 0.772. The fraction of sp³-hybridized carbons (Fsp3) is 0.571. The number of aryl methyl sites for hydroxylation is 1. The maximum Gasteiger partial charge on any atom is 0.0743 e. The van der Waals surface area contributed by atoms with Gasteiger partial charge in [0.2, 0.25) is 0 Å². The number of anilines is 2. The van der Waals surface area contributed by atoms with Crippen molar-refractivity contribution in [2.45, 2.75) is 44.8 Å². The Morgan fingerprint density at radius 2 is 1.94 bits per heavy atom. The summed E-state index contributed by atoms with van der Waals surface area (Å²) in [6.07, 6.45) is 4.10. The second-order valence-corrected chi connectivity index (χ2v) is 5.13. The van der Waals surface area contributed by atoms with Crippen molar-refractivity contribution in [2.24, 2.45) is 0 Å². The summed E-state index contributed by atoms with van der Waals surface area (Å²) >= 11 is 0. The number of nitrogen functional groups attached to an aromatic ring is 1. The molecule has 2 rings (SSSR count).